The highest BCUT2D eigenvalue weighted by atomic mass is 127. The number of likely N-dealkylation sites (tertiary alicyclic amines) is 1. The van der Waals surface area contributed by atoms with Crippen molar-refractivity contribution in [3.8, 4) is 0 Å². The highest BCUT2D eigenvalue weighted by molar-refractivity contribution is 14.0. The van der Waals surface area contributed by atoms with Crippen molar-refractivity contribution in [1.82, 2.24) is 15.5 Å². The van der Waals surface area contributed by atoms with Crippen LogP contribution in [0.25, 0.3) is 0 Å². The maximum Gasteiger partial charge on any atom is 0.191 e. The van der Waals surface area contributed by atoms with Gasteiger partial charge in [0.1, 0.15) is 0 Å². The molecule has 1 aliphatic carbocycles. The second-order valence-electron chi connectivity index (χ2n) is 8.51. The lowest BCUT2D eigenvalue weighted by atomic mass is 9.95. The van der Waals surface area contributed by atoms with Crippen LogP contribution in [0.4, 0.5) is 0 Å². The molecule has 2 rings (SSSR count). The van der Waals surface area contributed by atoms with Crippen LogP contribution < -0.4 is 10.6 Å². The highest BCUT2D eigenvalue weighted by Crippen LogP contribution is 2.23. The quantitative estimate of drug-likeness (QED) is 0.302. The van der Waals surface area contributed by atoms with E-state index >= 15 is 0 Å². The van der Waals surface area contributed by atoms with Crippen molar-refractivity contribution >= 4 is 40.7 Å². The van der Waals surface area contributed by atoms with Crippen molar-refractivity contribution in [3.63, 3.8) is 0 Å². The summed E-state index contributed by atoms with van der Waals surface area (Å²) in [5, 5.41) is 7.55. The number of aliphatic imine (C=N–C) groups is 1. The Labute approximate surface area is 192 Å². The molecule has 0 amide bonds. The number of hydrogen-bond donors (Lipinski definition) is 2. The van der Waals surface area contributed by atoms with Crippen LogP contribution in [0.3, 0.4) is 0 Å². The molecule has 2 aliphatic rings. The summed E-state index contributed by atoms with van der Waals surface area (Å²) in [5.41, 5.74) is 0. The maximum absolute atomic E-state index is 12.2. The fourth-order valence-corrected chi connectivity index (χ4v) is 5.90. The van der Waals surface area contributed by atoms with Gasteiger partial charge in [-0.2, -0.15) is 0 Å². The molecule has 28 heavy (non-hydrogen) atoms. The molecule has 7 heteroatoms. The molecule has 1 saturated heterocycles. The lowest BCUT2D eigenvalue weighted by Crippen LogP contribution is -2.52. The van der Waals surface area contributed by atoms with Gasteiger partial charge in [-0.3, -0.25) is 14.1 Å². The minimum absolute atomic E-state index is 0. The first kappa shape index (κ1) is 26.1. The Kier molecular flexibility index (Phi) is 13.2. The van der Waals surface area contributed by atoms with Gasteiger partial charge >= 0.3 is 0 Å². The number of rotatable bonds is 7. The average Bonchev–Trinajstić information content (AvgIpc) is 2.96. The zero-order valence-electron chi connectivity index (χ0n) is 18.4. The first-order valence-electron chi connectivity index (χ1n) is 11.1. The lowest BCUT2D eigenvalue weighted by molar-refractivity contribution is 0.161. The summed E-state index contributed by atoms with van der Waals surface area (Å²) in [5.74, 6) is 2.30. The number of halogens is 1. The van der Waals surface area contributed by atoms with Crippen molar-refractivity contribution in [1.29, 1.82) is 0 Å². The van der Waals surface area contributed by atoms with Gasteiger partial charge < -0.3 is 10.6 Å². The molecule has 1 heterocycles. The molecule has 4 unspecified atom stereocenters. The fourth-order valence-electron chi connectivity index (χ4n) is 4.55. The van der Waals surface area contributed by atoms with E-state index in [1.807, 2.05) is 14.0 Å². The molecule has 0 spiro atoms. The second kappa shape index (κ2) is 14.2. The summed E-state index contributed by atoms with van der Waals surface area (Å²) >= 11 is 0. The number of nitrogens with zero attached hydrogens (tertiary/aromatic N) is 2. The summed E-state index contributed by atoms with van der Waals surface area (Å²) in [6, 6.07) is 0.939. The molecular formula is C21H43IN4OS. The Balaban J connectivity index is 0.00000392. The largest absolute Gasteiger partial charge is 0.355 e. The molecule has 0 aromatic carbocycles. The van der Waals surface area contributed by atoms with Crippen LogP contribution in [0.1, 0.15) is 72.1 Å². The van der Waals surface area contributed by atoms with Crippen molar-refractivity contribution in [2.45, 2.75) is 89.5 Å². The summed E-state index contributed by atoms with van der Waals surface area (Å²) in [6.07, 6.45) is 9.82. The van der Waals surface area contributed by atoms with Crippen molar-refractivity contribution in [2.75, 3.05) is 32.4 Å². The molecule has 2 N–H and O–H groups in total. The molecule has 0 bridgehead atoms. The normalized spacial score (nSPS) is 26.8. The van der Waals surface area contributed by atoms with Crippen molar-refractivity contribution in [3.05, 3.63) is 0 Å². The SMILES string of the molecule is CCS(=O)C1CCCC(NC(=NC)NCC(C(C)C)N2CCCCCC2)C1.I. The molecule has 166 valence electrons. The molecule has 1 aliphatic heterocycles. The van der Waals surface area contributed by atoms with E-state index in [9.17, 15) is 4.21 Å². The van der Waals surface area contributed by atoms with Gasteiger partial charge in [-0.05, 0) is 51.1 Å². The van der Waals surface area contributed by atoms with E-state index in [0.717, 1.165) is 43.9 Å². The zero-order chi connectivity index (χ0) is 19.6. The number of hydrogen-bond acceptors (Lipinski definition) is 3. The summed E-state index contributed by atoms with van der Waals surface area (Å²) in [4.78, 5) is 7.15. The van der Waals surface area contributed by atoms with Crippen LogP contribution in [0.5, 0.6) is 0 Å². The van der Waals surface area contributed by atoms with Gasteiger partial charge in [0.15, 0.2) is 5.96 Å². The fraction of sp³-hybridized carbons (Fsp3) is 0.952. The Morgan fingerprint density at radius 2 is 1.82 bits per heavy atom. The van der Waals surface area contributed by atoms with Gasteiger partial charge in [-0.25, -0.2) is 0 Å². The van der Waals surface area contributed by atoms with Gasteiger partial charge in [0, 0.05) is 47.5 Å². The average molecular weight is 527 g/mol. The van der Waals surface area contributed by atoms with Crippen LogP contribution in [0, 0.1) is 5.92 Å². The Bertz CT molecular complexity index is 481. The molecule has 5 nitrogen and oxygen atoms in total. The third kappa shape index (κ3) is 8.46. The van der Waals surface area contributed by atoms with E-state index in [-0.39, 0.29) is 24.0 Å². The van der Waals surface area contributed by atoms with Gasteiger partial charge in [-0.1, -0.05) is 40.0 Å². The van der Waals surface area contributed by atoms with Crippen LogP contribution >= 0.6 is 24.0 Å². The number of nitrogens with one attached hydrogen (secondary N) is 2. The van der Waals surface area contributed by atoms with E-state index in [2.05, 4.69) is 34.4 Å². The lowest BCUT2D eigenvalue weighted by Gasteiger charge is -2.35. The minimum atomic E-state index is -0.680. The first-order chi connectivity index (χ1) is 13.0. The van der Waals surface area contributed by atoms with Gasteiger partial charge in [0.2, 0.25) is 0 Å². The number of guanidine groups is 1. The van der Waals surface area contributed by atoms with Gasteiger partial charge in [-0.15, -0.1) is 24.0 Å². The summed E-state index contributed by atoms with van der Waals surface area (Å²) < 4.78 is 12.2. The Hall–Kier alpha value is 0.110. The molecule has 0 aromatic heterocycles. The van der Waals surface area contributed by atoms with Gasteiger partial charge in [0.25, 0.3) is 0 Å². The smallest absolute Gasteiger partial charge is 0.191 e. The third-order valence-corrected chi connectivity index (χ3v) is 7.95. The molecule has 2 fully saturated rings. The molecule has 0 radical (unpaired) electrons. The van der Waals surface area contributed by atoms with E-state index in [4.69, 9.17) is 0 Å². The van der Waals surface area contributed by atoms with Crippen LogP contribution in [-0.2, 0) is 10.8 Å². The first-order valence-corrected chi connectivity index (χ1v) is 12.5. The molecule has 0 aromatic rings. The van der Waals surface area contributed by atoms with Crippen molar-refractivity contribution in [2.24, 2.45) is 10.9 Å². The molecular weight excluding hydrogens is 483 g/mol. The topological polar surface area (TPSA) is 56.7 Å². The monoisotopic (exact) mass is 526 g/mol. The summed E-state index contributed by atoms with van der Waals surface area (Å²) in [7, 11) is 1.18. The molecule has 4 atom stereocenters. The predicted molar refractivity (Wildman–Crippen MR) is 133 cm³/mol. The van der Waals surface area contributed by atoms with E-state index in [0.29, 0.717) is 23.3 Å². The Morgan fingerprint density at radius 3 is 2.39 bits per heavy atom. The zero-order valence-corrected chi connectivity index (χ0v) is 21.6. The van der Waals surface area contributed by atoms with Crippen LogP contribution in [0.2, 0.25) is 0 Å². The highest BCUT2D eigenvalue weighted by Gasteiger charge is 2.27. The second-order valence-corrected chi connectivity index (χ2v) is 10.5. The van der Waals surface area contributed by atoms with Gasteiger partial charge in [0.05, 0.1) is 0 Å². The van der Waals surface area contributed by atoms with Crippen LogP contribution in [0.15, 0.2) is 4.99 Å². The van der Waals surface area contributed by atoms with Crippen LogP contribution in [-0.4, -0.2) is 64.8 Å². The minimum Gasteiger partial charge on any atom is -0.355 e. The Morgan fingerprint density at radius 1 is 1.14 bits per heavy atom. The molecule has 1 saturated carbocycles. The summed E-state index contributed by atoms with van der Waals surface area (Å²) in [6.45, 7) is 10.1. The standard InChI is InChI=1S/C21H42N4OS.HI/c1-5-27(26)19-12-10-11-18(15-19)24-21(22-4)23-16-20(17(2)3)25-13-8-6-7-9-14-25;/h17-20H,5-16H2,1-4H3,(H2,22,23,24);1H. The predicted octanol–water partition coefficient (Wildman–Crippen LogP) is 3.75. The van der Waals surface area contributed by atoms with E-state index in [1.54, 1.807) is 0 Å². The van der Waals surface area contributed by atoms with E-state index in [1.165, 1.54) is 38.8 Å². The van der Waals surface area contributed by atoms with E-state index < -0.39 is 10.8 Å². The van der Waals surface area contributed by atoms with Crippen molar-refractivity contribution < 1.29 is 4.21 Å². The maximum atomic E-state index is 12.2. The third-order valence-electron chi connectivity index (χ3n) is 6.20.